The SMILES string of the molecule is CCOC(=O)[C@@H]1C[C@@H](O[Si](C)(C)C(C)(C)C)CN1Cc1ccccc1. The standard InChI is InChI=1S/C20H33NO3Si/c1-7-23-19(22)18-13-17(24-25(5,6)20(2,3)4)15-21(18)14-16-11-9-8-10-12-16/h8-12,17-18H,7,13-15H2,1-6H3/t17-,18+/m1/s1. The van der Waals surface area contributed by atoms with Crippen LogP contribution in [-0.4, -0.2) is 44.5 Å². The zero-order valence-electron chi connectivity index (χ0n) is 16.5. The number of carbonyl (C=O) groups is 1. The van der Waals surface area contributed by atoms with E-state index in [0.717, 1.165) is 19.5 Å². The summed E-state index contributed by atoms with van der Waals surface area (Å²) in [4.78, 5) is 14.7. The minimum atomic E-state index is -1.85. The predicted molar refractivity (Wildman–Crippen MR) is 104 cm³/mol. The summed E-state index contributed by atoms with van der Waals surface area (Å²) in [6.07, 6.45) is 0.817. The first-order chi connectivity index (χ1) is 11.6. The highest BCUT2D eigenvalue weighted by molar-refractivity contribution is 6.74. The van der Waals surface area contributed by atoms with Crippen molar-refractivity contribution in [2.45, 2.75) is 70.9 Å². The Kier molecular flexibility index (Phi) is 6.46. The fraction of sp³-hybridized carbons (Fsp3) is 0.650. The van der Waals surface area contributed by atoms with Crippen LogP contribution in [0.4, 0.5) is 0 Å². The van der Waals surface area contributed by atoms with Gasteiger partial charge in [0.05, 0.1) is 12.7 Å². The summed E-state index contributed by atoms with van der Waals surface area (Å²) >= 11 is 0. The molecular formula is C20H33NO3Si. The van der Waals surface area contributed by atoms with Gasteiger partial charge in [0, 0.05) is 13.1 Å². The zero-order chi connectivity index (χ0) is 18.7. The number of likely N-dealkylation sites (tertiary alicyclic amines) is 1. The molecule has 2 rings (SSSR count). The monoisotopic (exact) mass is 363 g/mol. The summed E-state index contributed by atoms with van der Waals surface area (Å²) in [7, 11) is -1.85. The van der Waals surface area contributed by atoms with Gasteiger partial charge in [-0.2, -0.15) is 0 Å². The predicted octanol–water partition coefficient (Wildman–Crippen LogP) is 4.21. The Hall–Kier alpha value is -1.17. The molecule has 2 atom stereocenters. The molecule has 4 nitrogen and oxygen atoms in total. The lowest BCUT2D eigenvalue weighted by Crippen LogP contribution is -2.44. The van der Waals surface area contributed by atoms with E-state index in [2.05, 4.69) is 50.9 Å². The van der Waals surface area contributed by atoms with E-state index in [4.69, 9.17) is 9.16 Å². The van der Waals surface area contributed by atoms with Crippen LogP contribution < -0.4 is 0 Å². The van der Waals surface area contributed by atoms with E-state index in [-0.39, 0.29) is 23.2 Å². The molecular weight excluding hydrogens is 330 g/mol. The summed E-state index contributed by atoms with van der Waals surface area (Å²) in [5, 5.41) is 0.166. The van der Waals surface area contributed by atoms with Crippen molar-refractivity contribution in [2.75, 3.05) is 13.2 Å². The van der Waals surface area contributed by atoms with E-state index in [1.807, 2.05) is 25.1 Å². The van der Waals surface area contributed by atoms with E-state index >= 15 is 0 Å². The van der Waals surface area contributed by atoms with Crippen LogP contribution in [0.2, 0.25) is 18.1 Å². The molecule has 1 fully saturated rings. The van der Waals surface area contributed by atoms with E-state index in [0.29, 0.717) is 6.61 Å². The summed E-state index contributed by atoms with van der Waals surface area (Å²) < 4.78 is 11.9. The van der Waals surface area contributed by atoms with Crippen molar-refractivity contribution in [1.29, 1.82) is 0 Å². The molecule has 140 valence electrons. The third kappa shape index (κ3) is 5.15. The Morgan fingerprint density at radius 3 is 2.44 bits per heavy atom. The Labute approximate surface area is 153 Å². The van der Waals surface area contributed by atoms with E-state index in [1.54, 1.807) is 0 Å². The van der Waals surface area contributed by atoms with Gasteiger partial charge in [0.2, 0.25) is 0 Å². The maximum atomic E-state index is 12.4. The van der Waals surface area contributed by atoms with Crippen LogP contribution in [-0.2, 0) is 20.5 Å². The lowest BCUT2D eigenvalue weighted by atomic mass is 10.2. The molecule has 0 spiro atoms. The number of hydrogen-bond acceptors (Lipinski definition) is 4. The topological polar surface area (TPSA) is 38.8 Å². The first-order valence-corrected chi connectivity index (χ1v) is 12.2. The average Bonchev–Trinajstić information content (AvgIpc) is 2.89. The Morgan fingerprint density at radius 2 is 1.88 bits per heavy atom. The molecule has 1 aliphatic heterocycles. The molecule has 1 heterocycles. The molecule has 0 radical (unpaired) electrons. The smallest absolute Gasteiger partial charge is 0.323 e. The molecule has 5 heteroatoms. The lowest BCUT2D eigenvalue weighted by Gasteiger charge is -2.38. The van der Waals surface area contributed by atoms with Crippen molar-refractivity contribution in [3.8, 4) is 0 Å². The van der Waals surface area contributed by atoms with Crippen LogP contribution in [0.1, 0.15) is 39.7 Å². The van der Waals surface area contributed by atoms with Gasteiger partial charge >= 0.3 is 5.97 Å². The Balaban J connectivity index is 2.12. The van der Waals surface area contributed by atoms with E-state index in [9.17, 15) is 4.79 Å². The van der Waals surface area contributed by atoms with Gasteiger partial charge < -0.3 is 9.16 Å². The first-order valence-electron chi connectivity index (χ1n) is 9.26. The second kappa shape index (κ2) is 8.02. The highest BCUT2D eigenvalue weighted by Gasteiger charge is 2.44. The second-order valence-corrected chi connectivity index (χ2v) is 13.2. The average molecular weight is 364 g/mol. The Bertz CT molecular complexity index is 568. The minimum Gasteiger partial charge on any atom is -0.465 e. The third-order valence-corrected chi connectivity index (χ3v) is 9.95. The van der Waals surface area contributed by atoms with Gasteiger partial charge in [-0.05, 0) is 37.0 Å². The van der Waals surface area contributed by atoms with E-state index < -0.39 is 8.32 Å². The molecule has 25 heavy (non-hydrogen) atoms. The van der Waals surface area contributed by atoms with Crippen LogP contribution in [0.5, 0.6) is 0 Å². The number of esters is 1. The van der Waals surface area contributed by atoms with Gasteiger partial charge in [0.1, 0.15) is 6.04 Å². The van der Waals surface area contributed by atoms with Crippen LogP contribution in [0.3, 0.4) is 0 Å². The molecule has 0 N–H and O–H groups in total. The number of rotatable bonds is 6. The van der Waals surface area contributed by atoms with Crippen molar-refractivity contribution in [2.24, 2.45) is 0 Å². The molecule has 0 aromatic heterocycles. The van der Waals surface area contributed by atoms with Crippen LogP contribution >= 0.6 is 0 Å². The highest BCUT2D eigenvalue weighted by atomic mass is 28.4. The van der Waals surface area contributed by atoms with Gasteiger partial charge in [0.25, 0.3) is 0 Å². The van der Waals surface area contributed by atoms with Gasteiger partial charge in [0.15, 0.2) is 8.32 Å². The van der Waals surface area contributed by atoms with Crippen molar-refractivity contribution in [3.63, 3.8) is 0 Å². The molecule has 1 aliphatic rings. The molecule has 1 aromatic carbocycles. The highest BCUT2D eigenvalue weighted by Crippen LogP contribution is 2.39. The third-order valence-electron chi connectivity index (χ3n) is 5.42. The number of ether oxygens (including phenoxy) is 1. The van der Waals surface area contributed by atoms with Crippen LogP contribution in [0.25, 0.3) is 0 Å². The van der Waals surface area contributed by atoms with Crippen molar-refractivity contribution < 1.29 is 14.0 Å². The first kappa shape index (κ1) is 20.1. The molecule has 1 aromatic rings. The molecule has 0 saturated carbocycles. The molecule has 0 amide bonds. The molecule has 0 bridgehead atoms. The quantitative estimate of drug-likeness (QED) is 0.560. The molecule has 1 saturated heterocycles. The summed E-state index contributed by atoms with van der Waals surface area (Å²) in [5.74, 6) is -0.125. The fourth-order valence-electron chi connectivity index (χ4n) is 3.02. The van der Waals surface area contributed by atoms with Crippen molar-refractivity contribution >= 4 is 14.3 Å². The number of hydrogen-bond donors (Lipinski definition) is 0. The fourth-order valence-corrected chi connectivity index (χ4v) is 4.37. The van der Waals surface area contributed by atoms with Gasteiger partial charge in [-0.25, -0.2) is 0 Å². The maximum Gasteiger partial charge on any atom is 0.323 e. The Morgan fingerprint density at radius 1 is 1.24 bits per heavy atom. The molecule has 0 unspecified atom stereocenters. The van der Waals surface area contributed by atoms with Gasteiger partial charge in [-0.1, -0.05) is 51.1 Å². The number of carbonyl (C=O) groups excluding carboxylic acids is 1. The van der Waals surface area contributed by atoms with E-state index in [1.165, 1.54) is 5.56 Å². The van der Waals surface area contributed by atoms with Crippen molar-refractivity contribution in [1.82, 2.24) is 4.90 Å². The lowest BCUT2D eigenvalue weighted by molar-refractivity contribution is -0.148. The summed E-state index contributed by atoms with van der Waals surface area (Å²) in [5.41, 5.74) is 1.21. The maximum absolute atomic E-state index is 12.4. The number of benzene rings is 1. The number of nitrogens with zero attached hydrogens (tertiary/aromatic N) is 1. The largest absolute Gasteiger partial charge is 0.465 e. The second-order valence-electron chi connectivity index (χ2n) is 8.42. The molecule has 0 aliphatic carbocycles. The zero-order valence-corrected chi connectivity index (χ0v) is 17.5. The van der Waals surface area contributed by atoms with Crippen molar-refractivity contribution in [3.05, 3.63) is 35.9 Å². The van der Waals surface area contributed by atoms with Gasteiger partial charge in [-0.3, -0.25) is 9.69 Å². The summed E-state index contributed by atoms with van der Waals surface area (Å²) in [6.45, 7) is 15.1. The normalized spacial score (nSPS) is 22.2. The minimum absolute atomic E-state index is 0.0963. The van der Waals surface area contributed by atoms with Crippen LogP contribution in [0.15, 0.2) is 30.3 Å². The summed E-state index contributed by atoms with van der Waals surface area (Å²) in [6, 6.07) is 10.1. The van der Waals surface area contributed by atoms with Crippen LogP contribution in [0, 0.1) is 0 Å². The van der Waals surface area contributed by atoms with Gasteiger partial charge in [-0.15, -0.1) is 0 Å².